The van der Waals surface area contributed by atoms with Gasteiger partial charge in [-0.15, -0.1) is 0 Å². The van der Waals surface area contributed by atoms with Crippen molar-refractivity contribution >= 4 is 17.8 Å². The van der Waals surface area contributed by atoms with Crippen LogP contribution in [0.4, 0.5) is 0 Å². The Morgan fingerprint density at radius 2 is 2.10 bits per heavy atom. The first kappa shape index (κ1) is 15.0. The van der Waals surface area contributed by atoms with Crippen molar-refractivity contribution in [1.29, 1.82) is 0 Å². The van der Waals surface area contributed by atoms with Gasteiger partial charge in [-0.2, -0.15) is 0 Å². The van der Waals surface area contributed by atoms with E-state index in [1.165, 1.54) is 6.07 Å². The number of piperazine rings is 1. The van der Waals surface area contributed by atoms with Crippen molar-refractivity contribution in [1.82, 2.24) is 16.0 Å². The number of aromatic carboxylic acids is 1. The quantitative estimate of drug-likeness (QED) is 0.564. The van der Waals surface area contributed by atoms with Crippen LogP contribution < -0.4 is 16.0 Å². The zero-order valence-corrected chi connectivity index (χ0v) is 11.4. The molecule has 7 heteroatoms. The maximum absolute atomic E-state index is 11.9. The smallest absolute Gasteiger partial charge is 0.335 e. The van der Waals surface area contributed by atoms with Gasteiger partial charge in [-0.25, -0.2) is 4.79 Å². The lowest BCUT2D eigenvalue weighted by atomic mass is 10.0. The average molecular weight is 291 g/mol. The molecule has 0 bridgehead atoms. The highest BCUT2D eigenvalue weighted by molar-refractivity contribution is 5.89. The Labute approximate surface area is 121 Å². The number of carboxylic acid groups (broad SMARTS) is 1. The summed E-state index contributed by atoms with van der Waals surface area (Å²) in [7, 11) is 0. The maximum atomic E-state index is 11.9. The summed E-state index contributed by atoms with van der Waals surface area (Å²) < 4.78 is 0. The topological polar surface area (TPSA) is 108 Å². The molecule has 1 saturated heterocycles. The molecular weight excluding hydrogens is 274 g/mol. The maximum Gasteiger partial charge on any atom is 0.335 e. The van der Waals surface area contributed by atoms with Gasteiger partial charge in [-0.1, -0.05) is 18.2 Å². The molecule has 1 unspecified atom stereocenters. The van der Waals surface area contributed by atoms with E-state index in [-0.39, 0.29) is 30.5 Å². The molecule has 1 atom stereocenters. The molecule has 2 rings (SSSR count). The standard InChI is InChI=1S/C14H17N3O4/c18-12-8-16-11(7-17-12)13(19)15-6-5-9-3-1-2-4-10(9)14(20)21/h1-4,11,16H,5-8H2,(H,15,19)(H,17,18)(H,20,21). The van der Waals surface area contributed by atoms with Crippen LogP contribution >= 0.6 is 0 Å². The Bertz CT molecular complexity index is 549. The third-order valence-electron chi connectivity index (χ3n) is 3.27. The van der Waals surface area contributed by atoms with E-state index in [0.29, 0.717) is 18.5 Å². The van der Waals surface area contributed by atoms with Gasteiger partial charge in [0.15, 0.2) is 0 Å². The number of carbonyl (C=O) groups excluding carboxylic acids is 2. The van der Waals surface area contributed by atoms with E-state index in [4.69, 9.17) is 5.11 Å². The zero-order valence-electron chi connectivity index (χ0n) is 11.4. The molecule has 7 nitrogen and oxygen atoms in total. The van der Waals surface area contributed by atoms with Crippen LogP contribution in [0.25, 0.3) is 0 Å². The minimum Gasteiger partial charge on any atom is -0.478 e. The summed E-state index contributed by atoms with van der Waals surface area (Å²) in [4.78, 5) is 33.9. The molecule has 0 aromatic heterocycles. The van der Waals surface area contributed by atoms with Crippen molar-refractivity contribution in [3.05, 3.63) is 35.4 Å². The molecule has 0 saturated carbocycles. The Balaban J connectivity index is 1.83. The van der Waals surface area contributed by atoms with E-state index in [1.54, 1.807) is 18.2 Å². The normalized spacial score (nSPS) is 17.9. The Morgan fingerprint density at radius 1 is 1.33 bits per heavy atom. The van der Waals surface area contributed by atoms with Crippen molar-refractivity contribution in [3.8, 4) is 0 Å². The van der Waals surface area contributed by atoms with E-state index in [9.17, 15) is 14.4 Å². The van der Waals surface area contributed by atoms with Gasteiger partial charge in [0.1, 0.15) is 6.04 Å². The molecule has 1 aliphatic heterocycles. The third-order valence-corrected chi connectivity index (χ3v) is 3.27. The van der Waals surface area contributed by atoms with Gasteiger partial charge in [0.05, 0.1) is 12.1 Å². The molecule has 112 valence electrons. The van der Waals surface area contributed by atoms with E-state index in [0.717, 1.165) is 0 Å². The molecule has 2 amide bonds. The summed E-state index contributed by atoms with van der Waals surface area (Å²) in [6.45, 7) is 0.728. The van der Waals surface area contributed by atoms with Gasteiger partial charge in [-0.3, -0.25) is 14.9 Å². The number of carbonyl (C=O) groups is 3. The minimum atomic E-state index is -0.978. The molecule has 1 aliphatic rings. The number of amides is 2. The molecule has 1 aromatic rings. The van der Waals surface area contributed by atoms with Crippen molar-refractivity contribution in [2.45, 2.75) is 12.5 Å². The second kappa shape index (κ2) is 6.85. The van der Waals surface area contributed by atoms with Crippen LogP contribution in [0.2, 0.25) is 0 Å². The van der Waals surface area contributed by atoms with Crippen LogP contribution in [-0.4, -0.2) is 48.6 Å². The highest BCUT2D eigenvalue weighted by atomic mass is 16.4. The number of nitrogens with one attached hydrogen (secondary N) is 3. The monoisotopic (exact) mass is 291 g/mol. The molecule has 1 fully saturated rings. The van der Waals surface area contributed by atoms with E-state index >= 15 is 0 Å². The van der Waals surface area contributed by atoms with E-state index in [1.807, 2.05) is 0 Å². The van der Waals surface area contributed by atoms with Gasteiger partial charge >= 0.3 is 5.97 Å². The first-order chi connectivity index (χ1) is 10.1. The lowest BCUT2D eigenvalue weighted by molar-refractivity contribution is -0.126. The van der Waals surface area contributed by atoms with Crippen LogP contribution in [0.1, 0.15) is 15.9 Å². The predicted molar refractivity (Wildman–Crippen MR) is 74.9 cm³/mol. The van der Waals surface area contributed by atoms with Gasteiger partial charge in [-0.05, 0) is 18.1 Å². The second-order valence-corrected chi connectivity index (χ2v) is 4.74. The fourth-order valence-electron chi connectivity index (χ4n) is 2.14. The van der Waals surface area contributed by atoms with Crippen LogP contribution in [0.5, 0.6) is 0 Å². The molecule has 1 heterocycles. The van der Waals surface area contributed by atoms with Crippen LogP contribution in [0, 0.1) is 0 Å². The molecule has 1 aromatic carbocycles. The first-order valence-electron chi connectivity index (χ1n) is 6.67. The summed E-state index contributed by atoms with van der Waals surface area (Å²) >= 11 is 0. The minimum absolute atomic E-state index is 0.125. The largest absolute Gasteiger partial charge is 0.478 e. The van der Waals surface area contributed by atoms with Crippen molar-refractivity contribution in [3.63, 3.8) is 0 Å². The number of rotatable bonds is 5. The fourth-order valence-corrected chi connectivity index (χ4v) is 2.14. The molecule has 0 radical (unpaired) electrons. The van der Waals surface area contributed by atoms with Crippen LogP contribution in [-0.2, 0) is 16.0 Å². The summed E-state index contributed by atoms with van der Waals surface area (Å²) in [5.74, 6) is -1.31. The summed E-state index contributed by atoms with van der Waals surface area (Å²) in [5.41, 5.74) is 0.921. The van der Waals surface area contributed by atoms with Crippen molar-refractivity contribution < 1.29 is 19.5 Å². The number of hydrogen-bond donors (Lipinski definition) is 4. The first-order valence-corrected chi connectivity index (χ1v) is 6.67. The highest BCUT2D eigenvalue weighted by Gasteiger charge is 2.23. The van der Waals surface area contributed by atoms with Crippen molar-refractivity contribution in [2.24, 2.45) is 0 Å². The molecule has 21 heavy (non-hydrogen) atoms. The number of benzene rings is 1. The molecule has 4 N–H and O–H groups in total. The lowest BCUT2D eigenvalue weighted by Crippen LogP contribution is -2.58. The molecule has 0 spiro atoms. The van der Waals surface area contributed by atoms with Crippen LogP contribution in [0.3, 0.4) is 0 Å². The fraction of sp³-hybridized carbons (Fsp3) is 0.357. The Kier molecular flexibility index (Phi) is 4.89. The second-order valence-electron chi connectivity index (χ2n) is 4.74. The van der Waals surface area contributed by atoms with Gasteiger partial charge in [0.2, 0.25) is 11.8 Å². The Morgan fingerprint density at radius 3 is 2.76 bits per heavy atom. The predicted octanol–water partition coefficient (Wildman–Crippen LogP) is -0.868. The third kappa shape index (κ3) is 4.03. The molecule has 0 aliphatic carbocycles. The zero-order chi connectivity index (χ0) is 15.2. The SMILES string of the molecule is O=C1CNC(C(=O)NCCc2ccccc2C(=O)O)CN1. The van der Waals surface area contributed by atoms with Crippen LogP contribution in [0.15, 0.2) is 24.3 Å². The summed E-state index contributed by atoms with van der Waals surface area (Å²) in [5, 5.41) is 17.2. The van der Waals surface area contributed by atoms with Crippen molar-refractivity contribution in [2.75, 3.05) is 19.6 Å². The Hall–Kier alpha value is -2.41. The number of carboxylic acids is 1. The highest BCUT2D eigenvalue weighted by Crippen LogP contribution is 2.09. The van der Waals surface area contributed by atoms with Gasteiger partial charge in [0.25, 0.3) is 0 Å². The summed E-state index contributed by atoms with van der Waals surface area (Å²) in [6.07, 6.45) is 0.438. The molecular formula is C14H17N3O4. The lowest BCUT2D eigenvalue weighted by Gasteiger charge is -2.23. The van der Waals surface area contributed by atoms with Gasteiger partial charge < -0.3 is 15.7 Å². The average Bonchev–Trinajstić information content (AvgIpc) is 2.48. The number of hydrogen-bond acceptors (Lipinski definition) is 4. The van der Waals surface area contributed by atoms with E-state index in [2.05, 4.69) is 16.0 Å². The van der Waals surface area contributed by atoms with Gasteiger partial charge in [0, 0.05) is 13.1 Å². The van der Waals surface area contributed by atoms with E-state index < -0.39 is 12.0 Å². The summed E-state index contributed by atoms with van der Waals surface area (Å²) in [6, 6.07) is 6.26.